The monoisotopic (exact) mass is 141 g/mol. The minimum absolute atomic E-state index is 0.832. The third kappa shape index (κ3) is 6.12. The molecule has 0 spiro atoms. The average molecular weight is 141 g/mol. The van der Waals surface area contributed by atoms with Gasteiger partial charge in [0.15, 0.2) is 0 Å². The van der Waals surface area contributed by atoms with E-state index in [0.717, 1.165) is 18.3 Å². The van der Waals surface area contributed by atoms with Crippen LogP contribution in [0.25, 0.3) is 0 Å². The highest BCUT2D eigenvalue weighted by Crippen LogP contribution is 2.13. The molecule has 1 unspecified atom stereocenters. The molecule has 0 aliphatic heterocycles. The predicted molar refractivity (Wildman–Crippen MR) is 47.8 cm³/mol. The first kappa shape index (κ1) is 10.0. The van der Waals surface area contributed by atoms with Crippen molar-refractivity contribution in [1.82, 2.24) is 0 Å². The summed E-state index contributed by atoms with van der Waals surface area (Å²) in [6.07, 6.45) is 5.22. The maximum absolute atomic E-state index is 3.88. The largest absolute Gasteiger partial charge is 0.0628 e. The fourth-order valence-electron chi connectivity index (χ4n) is 1.02. The Kier molecular flexibility index (Phi) is 5.76. The van der Waals surface area contributed by atoms with Crippen molar-refractivity contribution in [2.45, 2.75) is 46.5 Å². The van der Waals surface area contributed by atoms with Crippen molar-refractivity contribution in [3.63, 3.8) is 0 Å². The van der Waals surface area contributed by atoms with E-state index in [9.17, 15) is 0 Å². The van der Waals surface area contributed by atoms with Crippen molar-refractivity contribution in [3.8, 4) is 0 Å². The lowest BCUT2D eigenvalue weighted by molar-refractivity contribution is 0.460. The molecule has 0 bridgehead atoms. The van der Waals surface area contributed by atoms with Crippen LogP contribution in [0.1, 0.15) is 46.5 Å². The maximum atomic E-state index is 3.88. The smallest absolute Gasteiger partial charge is 0.0443 e. The van der Waals surface area contributed by atoms with Gasteiger partial charge in [0.25, 0.3) is 0 Å². The highest BCUT2D eigenvalue weighted by atomic mass is 14.0. The van der Waals surface area contributed by atoms with E-state index >= 15 is 0 Å². The molecule has 61 valence electrons. The molecule has 0 rings (SSSR count). The lowest BCUT2D eigenvalue weighted by atomic mass is 9.98. The zero-order chi connectivity index (χ0) is 7.98. The molecule has 0 heterocycles. The van der Waals surface area contributed by atoms with E-state index in [0.29, 0.717) is 0 Å². The minimum Gasteiger partial charge on any atom is -0.0628 e. The first-order valence-corrected chi connectivity index (χ1v) is 4.46. The molecule has 1 radical (unpaired) electrons. The number of hydrogen-bond acceptors (Lipinski definition) is 0. The van der Waals surface area contributed by atoms with Crippen molar-refractivity contribution in [3.05, 3.63) is 6.92 Å². The Morgan fingerprint density at radius 1 is 1.10 bits per heavy atom. The summed E-state index contributed by atoms with van der Waals surface area (Å²) < 4.78 is 0. The zero-order valence-electron chi connectivity index (χ0n) is 7.69. The zero-order valence-corrected chi connectivity index (χ0v) is 7.69. The van der Waals surface area contributed by atoms with Crippen LogP contribution in [-0.4, -0.2) is 0 Å². The molecule has 0 saturated carbocycles. The van der Waals surface area contributed by atoms with E-state index in [2.05, 4.69) is 27.7 Å². The van der Waals surface area contributed by atoms with Gasteiger partial charge < -0.3 is 0 Å². The maximum Gasteiger partial charge on any atom is -0.0443 e. The summed E-state index contributed by atoms with van der Waals surface area (Å²) in [5, 5.41) is 0. The molecule has 0 amide bonds. The fourth-order valence-corrected chi connectivity index (χ4v) is 1.02. The van der Waals surface area contributed by atoms with E-state index < -0.39 is 0 Å². The standard InChI is InChI=1S/C10H21/c1-5-10(4)8-6-7-9(2)3/h9-10H,1,5-8H2,2-4H3. The van der Waals surface area contributed by atoms with Crippen molar-refractivity contribution in [1.29, 1.82) is 0 Å². The number of hydrogen-bond donors (Lipinski definition) is 0. The molecule has 0 saturated heterocycles. The van der Waals surface area contributed by atoms with E-state index in [1.165, 1.54) is 19.3 Å². The molecular formula is C10H21. The lowest BCUT2D eigenvalue weighted by Gasteiger charge is -2.08. The van der Waals surface area contributed by atoms with Gasteiger partial charge in [-0.3, -0.25) is 0 Å². The Hall–Kier alpha value is 0. The van der Waals surface area contributed by atoms with Crippen LogP contribution in [0.5, 0.6) is 0 Å². The Bertz CT molecular complexity index is 64.4. The van der Waals surface area contributed by atoms with Crippen molar-refractivity contribution in [2.24, 2.45) is 11.8 Å². The molecule has 0 N–H and O–H groups in total. The Morgan fingerprint density at radius 3 is 2.10 bits per heavy atom. The SMILES string of the molecule is [CH2]CC(C)CCCC(C)C. The average Bonchev–Trinajstić information content (AvgIpc) is 1.87. The van der Waals surface area contributed by atoms with Gasteiger partial charge in [0.05, 0.1) is 0 Å². The molecule has 0 aromatic heterocycles. The summed E-state index contributed by atoms with van der Waals surface area (Å²) in [4.78, 5) is 0. The van der Waals surface area contributed by atoms with Gasteiger partial charge >= 0.3 is 0 Å². The van der Waals surface area contributed by atoms with Gasteiger partial charge in [0.1, 0.15) is 0 Å². The second-order valence-corrected chi connectivity index (χ2v) is 3.72. The van der Waals surface area contributed by atoms with Crippen LogP contribution in [-0.2, 0) is 0 Å². The van der Waals surface area contributed by atoms with E-state index in [1.807, 2.05) is 0 Å². The van der Waals surface area contributed by atoms with Gasteiger partial charge in [-0.15, -0.1) is 0 Å². The summed E-state index contributed by atoms with van der Waals surface area (Å²) in [5.74, 6) is 1.70. The summed E-state index contributed by atoms with van der Waals surface area (Å²) in [6, 6.07) is 0. The molecule has 0 aromatic rings. The molecule has 0 aliphatic carbocycles. The topological polar surface area (TPSA) is 0 Å². The molecule has 0 aromatic carbocycles. The Morgan fingerprint density at radius 2 is 1.70 bits per heavy atom. The van der Waals surface area contributed by atoms with E-state index in [-0.39, 0.29) is 0 Å². The van der Waals surface area contributed by atoms with Gasteiger partial charge in [-0.2, -0.15) is 0 Å². The summed E-state index contributed by atoms with van der Waals surface area (Å²) in [6.45, 7) is 10.7. The summed E-state index contributed by atoms with van der Waals surface area (Å²) in [7, 11) is 0. The van der Waals surface area contributed by atoms with Gasteiger partial charge in [0.2, 0.25) is 0 Å². The van der Waals surface area contributed by atoms with Gasteiger partial charge in [-0.25, -0.2) is 0 Å². The summed E-state index contributed by atoms with van der Waals surface area (Å²) >= 11 is 0. The van der Waals surface area contributed by atoms with Crippen LogP contribution in [0.15, 0.2) is 0 Å². The van der Waals surface area contributed by atoms with Crippen molar-refractivity contribution < 1.29 is 0 Å². The molecule has 0 nitrogen and oxygen atoms in total. The predicted octanol–water partition coefficient (Wildman–Crippen LogP) is 3.67. The first-order valence-electron chi connectivity index (χ1n) is 4.46. The molecule has 0 aliphatic rings. The van der Waals surface area contributed by atoms with E-state index in [4.69, 9.17) is 0 Å². The van der Waals surface area contributed by atoms with Crippen molar-refractivity contribution >= 4 is 0 Å². The summed E-state index contributed by atoms with van der Waals surface area (Å²) in [5.41, 5.74) is 0. The Balaban J connectivity index is 3.03. The second-order valence-electron chi connectivity index (χ2n) is 3.72. The van der Waals surface area contributed by atoms with Gasteiger partial charge in [-0.05, 0) is 11.8 Å². The van der Waals surface area contributed by atoms with Crippen molar-refractivity contribution in [2.75, 3.05) is 0 Å². The fraction of sp³-hybridized carbons (Fsp3) is 0.900. The first-order chi connectivity index (χ1) is 4.66. The van der Waals surface area contributed by atoms with Crippen LogP contribution in [0.2, 0.25) is 0 Å². The van der Waals surface area contributed by atoms with Crippen LogP contribution >= 0.6 is 0 Å². The normalized spacial score (nSPS) is 14.1. The van der Waals surface area contributed by atoms with Gasteiger partial charge in [0, 0.05) is 0 Å². The van der Waals surface area contributed by atoms with E-state index in [1.54, 1.807) is 0 Å². The number of rotatable bonds is 5. The highest BCUT2D eigenvalue weighted by Gasteiger charge is 1.99. The molecule has 0 fully saturated rings. The minimum atomic E-state index is 0.832. The molecule has 1 atom stereocenters. The van der Waals surface area contributed by atoms with Crippen LogP contribution in [0.3, 0.4) is 0 Å². The third-order valence-electron chi connectivity index (χ3n) is 1.97. The van der Waals surface area contributed by atoms with Gasteiger partial charge in [-0.1, -0.05) is 53.4 Å². The quantitative estimate of drug-likeness (QED) is 0.548. The molecule has 10 heavy (non-hydrogen) atoms. The second kappa shape index (κ2) is 5.76. The molecule has 0 heteroatoms. The van der Waals surface area contributed by atoms with Crippen LogP contribution in [0, 0.1) is 18.8 Å². The van der Waals surface area contributed by atoms with Crippen LogP contribution in [0.4, 0.5) is 0 Å². The molecular weight excluding hydrogens is 120 g/mol. The lowest BCUT2D eigenvalue weighted by Crippen LogP contribution is -1.94. The van der Waals surface area contributed by atoms with Crippen LogP contribution < -0.4 is 0 Å². The third-order valence-corrected chi connectivity index (χ3v) is 1.97. The Labute approximate surface area is 66.0 Å². The highest BCUT2D eigenvalue weighted by molar-refractivity contribution is 4.55.